The molecule has 1 amide bonds. The molecule has 0 bridgehead atoms. The normalized spacial score (nSPS) is 31.1. The summed E-state index contributed by atoms with van der Waals surface area (Å²) >= 11 is 0. The number of aliphatic hydroxyl groups excluding tert-OH is 2. The number of likely N-dealkylation sites (tertiary alicyclic amines) is 1. The van der Waals surface area contributed by atoms with Crippen LogP contribution in [-0.2, 0) is 0 Å². The molecule has 10 nitrogen and oxygen atoms in total. The van der Waals surface area contributed by atoms with Crippen molar-refractivity contribution in [3.63, 3.8) is 0 Å². The Hall–Kier alpha value is -3.45. The number of methoxy groups -OCH3 is 1. The number of nitrogens with zero attached hydrogens (tertiary/aromatic N) is 4. The lowest BCUT2D eigenvalue weighted by Crippen LogP contribution is -2.38. The number of amides is 1. The van der Waals surface area contributed by atoms with Crippen LogP contribution in [0.3, 0.4) is 0 Å². The van der Waals surface area contributed by atoms with Crippen LogP contribution >= 0.6 is 0 Å². The van der Waals surface area contributed by atoms with Gasteiger partial charge in [-0.05, 0) is 24.3 Å². The predicted molar refractivity (Wildman–Crippen MR) is 119 cm³/mol. The summed E-state index contributed by atoms with van der Waals surface area (Å²) in [5, 5.41) is 30.6. The van der Waals surface area contributed by atoms with Crippen molar-refractivity contribution in [3.05, 3.63) is 41.4 Å². The summed E-state index contributed by atoms with van der Waals surface area (Å²) in [7, 11) is 1.21. The van der Waals surface area contributed by atoms with Crippen LogP contribution in [0.25, 0.3) is 11.0 Å². The van der Waals surface area contributed by atoms with E-state index >= 15 is 0 Å². The number of alkyl halides is 1. The van der Waals surface area contributed by atoms with Gasteiger partial charge in [-0.3, -0.25) is 9.89 Å². The molecule has 1 saturated heterocycles. The van der Waals surface area contributed by atoms with Gasteiger partial charge in [0.25, 0.3) is 5.91 Å². The highest BCUT2D eigenvalue weighted by Gasteiger charge is 2.59. The van der Waals surface area contributed by atoms with Gasteiger partial charge in [0.1, 0.15) is 35.9 Å². The Morgan fingerprint density at radius 2 is 2.00 bits per heavy atom. The standard InChI is InChI=1S/C23H23F3N6O4/c1-36-20-12(2-8(24)3-13(20)26)14-4-9(25)6-32(14)23(35)17-15-21(27-7-28-22(15)31-30-17)29-16-10-5-11(10)18(33)19(16)34/h2-3,7,9-11,14,16,18-19,33-34H,4-6H2,1H3,(H2,27,28,29,30,31)/t9-,10-,11+,14+,16+,18+,19-/m0/s1. The molecule has 6 rings (SSSR count). The maximum absolute atomic E-state index is 14.6. The lowest BCUT2D eigenvalue weighted by Gasteiger charge is -2.26. The highest BCUT2D eigenvalue weighted by atomic mass is 19.1. The minimum atomic E-state index is -1.43. The molecule has 3 aliphatic rings. The van der Waals surface area contributed by atoms with Gasteiger partial charge < -0.3 is 25.2 Å². The number of nitrogens with one attached hydrogen (secondary N) is 2. The summed E-state index contributed by atoms with van der Waals surface area (Å²) in [4.78, 5) is 23.2. The molecule has 0 unspecified atom stereocenters. The number of aromatic nitrogens is 4. The lowest BCUT2D eigenvalue weighted by molar-refractivity contribution is 0.0201. The first kappa shape index (κ1) is 23.0. The van der Waals surface area contributed by atoms with Crippen molar-refractivity contribution in [1.29, 1.82) is 0 Å². The second-order valence-corrected chi connectivity index (χ2v) is 9.55. The molecule has 3 aromatic rings. The van der Waals surface area contributed by atoms with Crippen LogP contribution in [0.15, 0.2) is 18.5 Å². The summed E-state index contributed by atoms with van der Waals surface area (Å²) in [5.41, 5.74) is 0.145. The van der Waals surface area contributed by atoms with Crippen molar-refractivity contribution in [2.45, 2.75) is 43.3 Å². The Morgan fingerprint density at radius 3 is 2.72 bits per heavy atom. The quantitative estimate of drug-likeness (QED) is 0.412. The van der Waals surface area contributed by atoms with Crippen LogP contribution < -0.4 is 10.1 Å². The van der Waals surface area contributed by atoms with Crippen molar-refractivity contribution in [1.82, 2.24) is 25.1 Å². The number of H-pyrrole nitrogens is 1. The third-order valence-corrected chi connectivity index (χ3v) is 7.49. The fourth-order valence-corrected chi connectivity index (χ4v) is 5.72. The zero-order valence-electron chi connectivity index (χ0n) is 19.0. The second kappa shape index (κ2) is 8.30. The number of hydrogen-bond acceptors (Lipinski definition) is 8. The second-order valence-electron chi connectivity index (χ2n) is 9.55. The van der Waals surface area contributed by atoms with E-state index in [9.17, 15) is 28.2 Å². The molecule has 36 heavy (non-hydrogen) atoms. The van der Waals surface area contributed by atoms with E-state index in [2.05, 4.69) is 25.5 Å². The molecule has 7 atom stereocenters. The molecule has 2 saturated carbocycles. The summed E-state index contributed by atoms with van der Waals surface area (Å²) in [6.45, 7) is -0.307. The fraction of sp³-hybridized carbons (Fsp3) is 0.478. The summed E-state index contributed by atoms with van der Waals surface area (Å²) < 4.78 is 48.1. The number of benzene rings is 1. The van der Waals surface area contributed by atoms with Crippen molar-refractivity contribution in [2.24, 2.45) is 11.8 Å². The molecule has 0 spiro atoms. The van der Waals surface area contributed by atoms with E-state index in [1.54, 1.807) is 0 Å². The number of ether oxygens (including phenoxy) is 1. The number of anilines is 1. The van der Waals surface area contributed by atoms with E-state index in [-0.39, 0.29) is 58.7 Å². The van der Waals surface area contributed by atoms with E-state index in [0.717, 1.165) is 12.5 Å². The third kappa shape index (κ3) is 3.48. The van der Waals surface area contributed by atoms with Crippen LogP contribution in [0.1, 0.15) is 34.9 Å². The van der Waals surface area contributed by atoms with E-state index in [0.29, 0.717) is 6.07 Å². The van der Waals surface area contributed by atoms with Gasteiger partial charge in [-0.15, -0.1) is 0 Å². The Labute approximate surface area is 202 Å². The zero-order valence-corrected chi connectivity index (χ0v) is 19.0. The summed E-state index contributed by atoms with van der Waals surface area (Å²) in [5.74, 6) is -2.46. The number of aromatic amines is 1. The number of rotatable bonds is 5. The highest BCUT2D eigenvalue weighted by molar-refractivity contribution is 6.08. The number of aliphatic hydroxyl groups is 2. The molecule has 3 heterocycles. The van der Waals surface area contributed by atoms with Crippen LogP contribution in [0.2, 0.25) is 0 Å². The third-order valence-electron chi connectivity index (χ3n) is 7.49. The van der Waals surface area contributed by atoms with E-state index < -0.39 is 48.0 Å². The van der Waals surface area contributed by atoms with Crippen LogP contribution in [0.5, 0.6) is 5.75 Å². The predicted octanol–water partition coefficient (Wildman–Crippen LogP) is 1.72. The Bertz CT molecular complexity index is 1350. The van der Waals surface area contributed by atoms with E-state index in [4.69, 9.17) is 4.74 Å². The first-order valence-electron chi connectivity index (χ1n) is 11.6. The molecule has 4 N–H and O–H groups in total. The van der Waals surface area contributed by atoms with Crippen LogP contribution in [0.4, 0.5) is 19.0 Å². The summed E-state index contributed by atoms with van der Waals surface area (Å²) in [6, 6.07) is 0.221. The van der Waals surface area contributed by atoms with E-state index in [1.165, 1.54) is 18.3 Å². The SMILES string of the molecule is COc1c(F)cc(F)cc1[C@H]1C[C@H](F)CN1C(=O)c1[nH]nc2ncnc(N[C@H]3[C@H](O)[C@H](O)[C@@H]4C[C@@H]43)c12. The number of halogens is 3. The molecule has 2 aliphatic carbocycles. The number of fused-ring (bicyclic) bond motifs is 2. The van der Waals surface area contributed by atoms with Crippen molar-refractivity contribution < 1.29 is 32.9 Å². The Morgan fingerprint density at radius 1 is 1.19 bits per heavy atom. The lowest BCUT2D eigenvalue weighted by atomic mass is 10.0. The average Bonchev–Trinajstić information content (AvgIpc) is 3.24. The first-order chi connectivity index (χ1) is 17.3. The van der Waals surface area contributed by atoms with Gasteiger partial charge in [0.2, 0.25) is 0 Å². The Kier molecular flexibility index (Phi) is 5.30. The van der Waals surface area contributed by atoms with Gasteiger partial charge in [0.05, 0.1) is 37.2 Å². The summed E-state index contributed by atoms with van der Waals surface area (Å²) in [6.07, 6.45) is -1.44. The van der Waals surface area contributed by atoms with Gasteiger partial charge in [-0.25, -0.2) is 23.1 Å². The van der Waals surface area contributed by atoms with Crippen molar-refractivity contribution in [3.8, 4) is 5.75 Å². The molecule has 2 aromatic heterocycles. The molecule has 1 aromatic carbocycles. The van der Waals surface area contributed by atoms with Crippen LogP contribution in [-0.4, -0.2) is 79.3 Å². The monoisotopic (exact) mass is 504 g/mol. The number of carbonyl (C=O) groups excluding carboxylic acids is 1. The van der Waals surface area contributed by atoms with Gasteiger partial charge in [0, 0.05) is 18.1 Å². The maximum Gasteiger partial charge on any atom is 0.273 e. The van der Waals surface area contributed by atoms with Gasteiger partial charge in [-0.2, -0.15) is 5.10 Å². The minimum Gasteiger partial charge on any atom is -0.493 e. The van der Waals surface area contributed by atoms with Gasteiger partial charge in [-0.1, -0.05) is 0 Å². The molecule has 3 fully saturated rings. The minimum absolute atomic E-state index is 0.00812. The Balaban J connectivity index is 1.37. The largest absolute Gasteiger partial charge is 0.493 e. The molecule has 0 radical (unpaired) electrons. The van der Waals surface area contributed by atoms with E-state index in [1.807, 2.05) is 0 Å². The van der Waals surface area contributed by atoms with Crippen molar-refractivity contribution in [2.75, 3.05) is 19.0 Å². The van der Waals surface area contributed by atoms with Gasteiger partial charge >= 0.3 is 0 Å². The fourth-order valence-electron chi connectivity index (χ4n) is 5.72. The maximum atomic E-state index is 14.6. The average molecular weight is 504 g/mol. The molecular weight excluding hydrogens is 481 g/mol. The van der Waals surface area contributed by atoms with Crippen molar-refractivity contribution >= 4 is 22.8 Å². The molecule has 1 aliphatic heterocycles. The smallest absolute Gasteiger partial charge is 0.273 e. The molecule has 190 valence electrons. The number of hydrogen-bond donors (Lipinski definition) is 4. The topological polar surface area (TPSA) is 136 Å². The first-order valence-corrected chi connectivity index (χ1v) is 11.6. The highest BCUT2D eigenvalue weighted by Crippen LogP contribution is 2.53. The van der Waals surface area contributed by atoms with Gasteiger partial charge in [0.15, 0.2) is 17.2 Å². The van der Waals surface area contributed by atoms with Crippen LogP contribution in [0, 0.1) is 23.5 Å². The molecular formula is C23H23F3N6O4. The zero-order chi connectivity index (χ0) is 25.3. The molecule has 13 heteroatoms. The number of carbonyl (C=O) groups is 1.